The van der Waals surface area contributed by atoms with E-state index in [-0.39, 0.29) is 34.2 Å². The molecule has 2 aliphatic rings. The number of ether oxygens (including phenoxy) is 2. The molecule has 1 unspecified atom stereocenters. The fourth-order valence-corrected chi connectivity index (χ4v) is 3.98. The topological polar surface area (TPSA) is 171 Å². The average Bonchev–Trinajstić information content (AvgIpc) is 2.89. The fraction of sp³-hybridized carbons (Fsp3) is 0.222. The molecule has 1 spiro atoms. The number of likely N-dealkylation sites (N-methyl/N-ethyl adjacent to an activating group) is 1. The Morgan fingerprint density at radius 1 is 1.40 bits per heavy atom. The predicted molar refractivity (Wildman–Crippen MR) is 101 cm³/mol. The van der Waals surface area contributed by atoms with Crippen molar-refractivity contribution in [1.29, 1.82) is 0 Å². The van der Waals surface area contributed by atoms with Crippen LogP contribution in [0.5, 0.6) is 5.88 Å². The Morgan fingerprint density at radius 3 is 2.73 bits per heavy atom. The molecule has 1 aromatic heterocycles. The summed E-state index contributed by atoms with van der Waals surface area (Å²) in [6.07, 6.45) is 0. The number of benzene rings is 1. The first-order valence-corrected chi connectivity index (χ1v) is 8.59. The van der Waals surface area contributed by atoms with Gasteiger partial charge in [0.1, 0.15) is 22.4 Å². The zero-order valence-electron chi connectivity index (χ0n) is 16.0. The Labute approximate surface area is 168 Å². The summed E-state index contributed by atoms with van der Waals surface area (Å²) in [5.74, 6) is -2.35. The van der Waals surface area contributed by atoms with Crippen LogP contribution in [0.4, 0.5) is 11.4 Å². The third kappa shape index (κ3) is 2.21. The van der Waals surface area contributed by atoms with Crippen LogP contribution >= 0.6 is 0 Å². The largest absolute Gasteiger partial charge is 0.465 e. The van der Waals surface area contributed by atoms with E-state index in [9.17, 15) is 24.5 Å². The Balaban J connectivity index is 2.23. The first kappa shape index (κ1) is 19.1. The van der Waals surface area contributed by atoms with Crippen LogP contribution in [-0.4, -0.2) is 40.9 Å². The Bertz CT molecular complexity index is 1250. The molecule has 4 rings (SSSR count). The molecule has 0 saturated heterocycles. The minimum Gasteiger partial charge on any atom is -0.465 e. The Kier molecular flexibility index (Phi) is 3.91. The van der Waals surface area contributed by atoms with Crippen LogP contribution in [0.15, 0.2) is 34.4 Å². The highest BCUT2D eigenvalue weighted by Gasteiger charge is 2.62. The minimum atomic E-state index is -2.13. The average molecular weight is 413 g/mol. The van der Waals surface area contributed by atoms with Gasteiger partial charge in [-0.3, -0.25) is 19.7 Å². The van der Waals surface area contributed by atoms with Crippen molar-refractivity contribution in [1.82, 2.24) is 9.97 Å². The molecule has 12 heteroatoms. The lowest BCUT2D eigenvalue weighted by atomic mass is 9.69. The van der Waals surface area contributed by atoms with Gasteiger partial charge in [-0.05, 0) is 13.0 Å². The van der Waals surface area contributed by atoms with Gasteiger partial charge in [0.15, 0.2) is 0 Å². The number of esters is 1. The van der Waals surface area contributed by atoms with Gasteiger partial charge in [0.05, 0.1) is 12.0 Å². The first-order chi connectivity index (χ1) is 14.1. The van der Waals surface area contributed by atoms with Gasteiger partial charge in [0.2, 0.25) is 17.7 Å². The number of nitro groups is 1. The molecule has 0 saturated carbocycles. The van der Waals surface area contributed by atoms with E-state index in [1.165, 1.54) is 31.0 Å². The molecule has 1 aromatic carbocycles. The number of aryl methyl sites for hydroxylation is 1. The quantitative estimate of drug-likeness (QED) is 0.390. The second-order valence-corrected chi connectivity index (χ2v) is 6.74. The molecule has 0 radical (unpaired) electrons. The summed E-state index contributed by atoms with van der Waals surface area (Å²) in [4.78, 5) is 57.9. The standard InChI is InChI=1S/C18H15N5O7/c1-7-20-14(24)12-15(21-7)30-13(19)11(16(25)29-3)18(12)9-6-8(23(27)28)4-5-10(9)22(2)17(18)26/h4-6H,19H2,1-3H3,(H,20,21,24). The van der Waals surface area contributed by atoms with Crippen LogP contribution in [0.25, 0.3) is 0 Å². The van der Waals surface area contributed by atoms with Gasteiger partial charge in [-0.2, -0.15) is 4.98 Å². The van der Waals surface area contributed by atoms with Crippen LogP contribution in [0.1, 0.15) is 17.0 Å². The summed E-state index contributed by atoms with van der Waals surface area (Å²) in [5.41, 5.74) is 2.27. The number of nitrogens with one attached hydrogen (secondary N) is 1. The molecule has 2 aromatic rings. The van der Waals surface area contributed by atoms with E-state index in [4.69, 9.17) is 15.2 Å². The molecule has 0 aliphatic carbocycles. The van der Waals surface area contributed by atoms with E-state index in [2.05, 4.69) is 9.97 Å². The van der Waals surface area contributed by atoms with Crippen LogP contribution in [-0.2, 0) is 19.7 Å². The number of anilines is 1. The summed E-state index contributed by atoms with van der Waals surface area (Å²) in [6, 6.07) is 3.70. The highest BCUT2D eigenvalue weighted by Crippen LogP contribution is 2.54. The highest BCUT2D eigenvalue weighted by molar-refractivity contribution is 6.18. The fourth-order valence-electron chi connectivity index (χ4n) is 3.98. The molecule has 1 amide bonds. The van der Waals surface area contributed by atoms with Crippen molar-refractivity contribution in [2.75, 3.05) is 19.1 Å². The molecule has 12 nitrogen and oxygen atoms in total. The lowest BCUT2D eigenvalue weighted by Crippen LogP contribution is -2.50. The number of rotatable bonds is 2. The third-order valence-electron chi connectivity index (χ3n) is 5.18. The normalized spacial score (nSPS) is 19.4. The van der Waals surface area contributed by atoms with E-state index in [1.807, 2.05) is 0 Å². The van der Waals surface area contributed by atoms with Crippen molar-refractivity contribution in [2.45, 2.75) is 12.3 Å². The number of H-pyrrole nitrogens is 1. The molecule has 3 heterocycles. The Morgan fingerprint density at radius 2 is 2.10 bits per heavy atom. The van der Waals surface area contributed by atoms with Crippen LogP contribution in [0, 0.1) is 17.0 Å². The summed E-state index contributed by atoms with van der Waals surface area (Å²) in [6.45, 7) is 1.49. The minimum absolute atomic E-state index is 0.0215. The number of carbonyl (C=O) groups is 2. The summed E-state index contributed by atoms with van der Waals surface area (Å²) >= 11 is 0. The summed E-state index contributed by atoms with van der Waals surface area (Å²) < 4.78 is 10.2. The van der Waals surface area contributed by atoms with Gasteiger partial charge in [-0.1, -0.05) is 0 Å². The molecule has 2 aliphatic heterocycles. The molecule has 0 bridgehead atoms. The maximum atomic E-state index is 13.6. The van der Waals surface area contributed by atoms with E-state index in [1.54, 1.807) is 0 Å². The SMILES string of the molecule is COC(=O)C1=C(N)Oc2nc(C)[nH]c(=O)c2C12C(=O)N(C)c1ccc([N+](=O)[O-])cc12. The lowest BCUT2D eigenvalue weighted by molar-refractivity contribution is -0.384. The van der Waals surface area contributed by atoms with Crippen molar-refractivity contribution in [2.24, 2.45) is 5.73 Å². The molecular formula is C18H15N5O7. The molecule has 30 heavy (non-hydrogen) atoms. The van der Waals surface area contributed by atoms with Crippen molar-refractivity contribution in [3.8, 4) is 5.88 Å². The molecule has 1 atom stereocenters. The maximum Gasteiger partial charge on any atom is 0.340 e. The van der Waals surface area contributed by atoms with E-state index < -0.39 is 39.2 Å². The van der Waals surface area contributed by atoms with Gasteiger partial charge in [-0.15, -0.1) is 0 Å². The number of hydrogen-bond acceptors (Lipinski definition) is 9. The number of hydrogen-bond donors (Lipinski definition) is 2. The van der Waals surface area contributed by atoms with Crippen molar-refractivity contribution in [3.05, 3.63) is 67.1 Å². The number of fused-ring (bicyclic) bond motifs is 4. The lowest BCUT2D eigenvalue weighted by Gasteiger charge is -2.34. The highest BCUT2D eigenvalue weighted by atomic mass is 16.6. The van der Waals surface area contributed by atoms with Gasteiger partial charge < -0.3 is 25.1 Å². The number of nitrogens with zero attached hydrogens (tertiary/aromatic N) is 3. The molecule has 0 fully saturated rings. The maximum absolute atomic E-state index is 13.6. The van der Waals surface area contributed by atoms with Crippen LogP contribution < -0.4 is 20.9 Å². The predicted octanol–water partition coefficient (Wildman–Crippen LogP) is -0.0153. The zero-order chi connectivity index (χ0) is 22.0. The smallest absolute Gasteiger partial charge is 0.340 e. The van der Waals surface area contributed by atoms with Gasteiger partial charge in [0, 0.05) is 30.4 Å². The number of carbonyl (C=O) groups excluding carboxylic acids is 2. The number of nitrogens with two attached hydrogens (primary N) is 1. The monoisotopic (exact) mass is 413 g/mol. The second kappa shape index (κ2) is 6.14. The summed E-state index contributed by atoms with van der Waals surface area (Å²) in [7, 11) is 2.48. The number of non-ortho nitro benzene ring substituents is 1. The number of methoxy groups -OCH3 is 1. The van der Waals surface area contributed by atoms with E-state index in [0.717, 1.165) is 13.2 Å². The van der Waals surface area contributed by atoms with Crippen molar-refractivity contribution >= 4 is 23.3 Å². The third-order valence-corrected chi connectivity index (χ3v) is 5.18. The summed E-state index contributed by atoms with van der Waals surface area (Å²) in [5, 5.41) is 11.4. The van der Waals surface area contributed by atoms with Crippen LogP contribution in [0.3, 0.4) is 0 Å². The Hall–Kier alpha value is -4.22. The second-order valence-electron chi connectivity index (χ2n) is 6.74. The van der Waals surface area contributed by atoms with E-state index in [0.29, 0.717) is 0 Å². The number of aromatic amines is 1. The first-order valence-electron chi connectivity index (χ1n) is 8.59. The molecule has 3 N–H and O–H groups in total. The molecule has 154 valence electrons. The number of nitro benzene ring substituents is 1. The van der Waals surface area contributed by atoms with Gasteiger partial charge in [-0.25, -0.2) is 4.79 Å². The number of aromatic nitrogens is 2. The number of amides is 1. The van der Waals surface area contributed by atoms with E-state index >= 15 is 0 Å². The van der Waals surface area contributed by atoms with Gasteiger partial charge >= 0.3 is 5.97 Å². The van der Waals surface area contributed by atoms with Crippen molar-refractivity contribution < 1.29 is 24.0 Å². The van der Waals surface area contributed by atoms with Gasteiger partial charge in [0.25, 0.3) is 11.2 Å². The zero-order valence-corrected chi connectivity index (χ0v) is 16.0. The van der Waals surface area contributed by atoms with Crippen molar-refractivity contribution in [3.63, 3.8) is 0 Å². The van der Waals surface area contributed by atoms with Crippen LogP contribution in [0.2, 0.25) is 0 Å². The molecular weight excluding hydrogens is 398 g/mol.